The van der Waals surface area contributed by atoms with Crippen molar-refractivity contribution in [3.63, 3.8) is 0 Å². The lowest BCUT2D eigenvalue weighted by Gasteiger charge is -1.86. The maximum absolute atomic E-state index is 9.89. The number of thiophene rings is 1. The zero-order valence-electron chi connectivity index (χ0n) is 4.31. The van der Waals surface area contributed by atoms with E-state index in [0.717, 1.165) is 0 Å². The Bertz CT molecular complexity index is 228. The van der Waals surface area contributed by atoms with E-state index in [4.69, 9.17) is 0 Å². The smallest absolute Gasteiger partial charge is 0.299 e. The third-order valence-corrected chi connectivity index (χ3v) is 1.70. The van der Waals surface area contributed by atoms with Crippen LogP contribution in [0, 0.1) is 0 Å². The Hall–Kier alpha value is -0.550. The van der Waals surface area contributed by atoms with Crippen molar-refractivity contribution in [2.24, 2.45) is 0 Å². The van der Waals surface area contributed by atoms with Crippen LogP contribution in [0.1, 0.15) is 0 Å². The highest BCUT2D eigenvalue weighted by Crippen LogP contribution is 2.14. The number of thiol groups is 1. The highest BCUT2D eigenvalue weighted by atomic mass is 32.2. The van der Waals surface area contributed by atoms with Gasteiger partial charge in [0.25, 0.3) is 11.0 Å². The van der Waals surface area contributed by atoms with Gasteiger partial charge in [0.2, 0.25) is 0 Å². The normalized spacial score (nSPS) is 9.89. The summed E-state index contributed by atoms with van der Waals surface area (Å²) in [6, 6.07) is 1.59. The van der Waals surface area contributed by atoms with Crippen LogP contribution < -0.4 is 4.18 Å². The van der Waals surface area contributed by atoms with Crippen molar-refractivity contribution in [1.29, 1.82) is 0 Å². The van der Waals surface area contributed by atoms with Crippen LogP contribution in [0.25, 0.3) is 0 Å². The predicted octanol–water partition coefficient (Wildman–Crippen LogP) is 0.653. The molecule has 9 heavy (non-hydrogen) atoms. The van der Waals surface area contributed by atoms with Crippen LogP contribution in [0.5, 0.6) is 5.75 Å². The van der Waals surface area contributed by atoms with Gasteiger partial charge >= 0.3 is 0 Å². The van der Waals surface area contributed by atoms with Gasteiger partial charge in [0.15, 0.2) is 5.75 Å². The summed E-state index contributed by atoms with van der Waals surface area (Å²) in [5, 5.41) is 3.36. The fourth-order valence-corrected chi connectivity index (χ4v) is 1.30. The van der Waals surface area contributed by atoms with Gasteiger partial charge in [0.1, 0.15) is 0 Å². The van der Waals surface area contributed by atoms with E-state index >= 15 is 0 Å². The first-order valence-electron chi connectivity index (χ1n) is 2.13. The Labute approximate surface area is 58.1 Å². The third kappa shape index (κ3) is 2.03. The van der Waals surface area contributed by atoms with Gasteiger partial charge in [0.05, 0.1) is 0 Å². The molecule has 0 fully saturated rings. The van der Waals surface area contributed by atoms with Gasteiger partial charge in [-0.3, -0.25) is 0 Å². The van der Waals surface area contributed by atoms with E-state index < -0.39 is 11.0 Å². The van der Waals surface area contributed by atoms with Crippen LogP contribution in [0.3, 0.4) is 0 Å². The van der Waals surface area contributed by atoms with Crippen LogP contribution in [0.15, 0.2) is 16.8 Å². The molecule has 1 rings (SSSR count). The summed E-state index contributed by atoms with van der Waals surface area (Å²) < 4.78 is 24.1. The largest absolute Gasteiger partial charge is 0.383 e. The standard InChI is InChI=1S/C4H4O3S2/c5-9(6)7-4-1-2-8-3-4/h1-3,9H. The summed E-state index contributed by atoms with van der Waals surface area (Å²) in [6.45, 7) is 0. The SMILES string of the molecule is O=[SH](=O)Oc1ccsc1. The second kappa shape index (κ2) is 2.84. The molecule has 0 amide bonds. The molecular weight excluding hydrogens is 160 g/mol. The molecule has 0 saturated heterocycles. The van der Waals surface area contributed by atoms with Crippen molar-refractivity contribution in [3.8, 4) is 5.75 Å². The molecule has 1 aromatic rings. The van der Waals surface area contributed by atoms with Gasteiger partial charge in [-0.2, -0.15) is 8.42 Å². The zero-order chi connectivity index (χ0) is 6.69. The first-order valence-corrected chi connectivity index (χ1v) is 4.17. The fraction of sp³-hybridized carbons (Fsp3) is 0. The molecular formula is C4H4O3S2. The second-order valence-electron chi connectivity index (χ2n) is 1.27. The van der Waals surface area contributed by atoms with Crippen LogP contribution in [-0.2, 0) is 11.0 Å². The molecule has 0 N–H and O–H groups in total. The van der Waals surface area contributed by atoms with Crippen LogP contribution >= 0.6 is 11.3 Å². The fourth-order valence-electron chi connectivity index (χ4n) is 0.390. The quantitative estimate of drug-likeness (QED) is 0.653. The van der Waals surface area contributed by atoms with E-state index in [1.54, 1.807) is 16.8 Å². The van der Waals surface area contributed by atoms with Crippen molar-refractivity contribution in [3.05, 3.63) is 16.8 Å². The molecule has 0 aliphatic carbocycles. The van der Waals surface area contributed by atoms with Gasteiger partial charge in [0, 0.05) is 5.38 Å². The van der Waals surface area contributed by atoms with Crippen molar-refractivity contribution >= 4 is 22.3 Å². The van der Waals surface area contributed by atoms with E-state index in [1.807, 2.05) is 0 Å². The van der Waals surface area contributed by atoms with E-state index in [9.17, 15) is 8.42 Å². The van der Waals surface area contributed by atoms with Gasteiger partial charge in [-0.15, -0.1) is 11.3 Å². The first kappa shape index (κ1) is 6.57. The summed E-state index contributed by atoms with van der Waals surface area (Å²) in [5.74, 6) is 0.385. The van der Waals surface area contributed by atoms with Gasteiger partial charge in [-0.1, -0.05) is 0 Å². The molecule has 0 aliphatic heterocycles. The second-order valence-corrected chi connectivity index (χ2v) is 2.68. The maximum Gasteiger partial charge on any atom is 0.299 e. The molecule has 50 valence electrons. The molecule has 0 radical (unpaired) electrons. The van der Waals surface area contributed by atoms with Gasteiger partial charge < -0.3 is 4.18 Å². The van der Waals surface area contributed by atoms with E-state index in [1.165, 1.54) is 11.3 Å². The van der Waals surface area contributed by atoms with Gasteiger partial charge in [-0.05, 0) is 11.4 Å². The summed E-state index contributed by atoms with van der Waals surface area (Å²) in [5.41, 5.74) is 0. The maximum atomic E-state index is 9.89. The average molecular weight is 164 g/mol. The Kier molecular flexibility index (Phi) is 2.07. The predicted molar refractivity (Wildman–Crippen MR) is 35.3 cm³/mol. The van der Waals surface area contributed by atoms with Crippen molar-refractivity contribution in [1.82, 2.24) is 0 Å². The summed E-state index contributed by atoms with van der Waals surface area (Å²) in [6.07, 6.45) is 0. The molecule has 5 heteroatoms. The monoisotopic (exact) mass is 164 g/mol. The van der Waals surface area contributed by atoms with E-state index in [2.05, 4.69) is 4.18 Å². The molecule has 1 heterocycles. The number of hydrogen-bond acceptors (Lipinski definition) is 4. The first-order chi connectivity index (χ1) is 4.29. The Morgan fingerprint density at radius 2 is 2.33 bits per heavy atom. The molecule has 1 aromatic heterocycles. The molecule has 0 spiro atoms. The molecule has 3 nitrogen and oxygen atoms in total. The summed E-state index contributed by atoms with van der Waals surface area (Å²) in [7, 11) is -2.74. The minimum Gasteiger partial charge on any atom is -0.383 e. The topological polar surface area (TPSA) is 43.4 Å². The minimum absolute atomic E-state index is 0.385. The molecule has 0 aromatic carbocycles. The summed E-state index contributed by atoms with van der Waals surface area (Å²) in [4.78, 5) is 0. The van der Waals surface area contributed by atoms with Crippen LogP contribution in [0.4, 0.5) is 0 Å². The minimum atomic E-state index is -2.74. The van der Waals surface area contributed by atoms with Crippen molar-refractivity contribution in [2.45, 2.75) is 0 Å². The Balaban J connectivity index is 2.68. The lowest BCUT2D eigenvalue weighted by Crippen LogP contribution is -1.86. The molecule has 0 aliphatic rings. The van der Waals surface area contributed by atoms with Gasteiger partial charge in [-0.25, -0.2) is 0 Å². The van der Waals surface area contributed by atoms with Crippen molar-refractivity contribution in [2.75, 3.05) is 0 Å². The van der Waals surface area contributed by atoms with Crippen LogP contribution in [-0.4, -0.2) is 8.42 Å². The number of rotatable bonds is 2. The zero-order valence-corrected chi connectivity index (χ0v) is 6.02. The molecule has 0 saturated carbocycles. The Morgan fingerprint density at radius 1 is 1.56 bits per heavy atom. The molecule has 0 bridgehead atoms. The van der Waals surface area contributed by atoms with Crippen molar-refractivity contribution < 1.29 is 12.6 Å². The summed E-state index contributed by atoms with van der Waals surface area (Å²) >= 11 is 1.39. The molecule has 0 unspecified atom stereocenters. The Morgan fingerprint density at radius 3 is 2.78 bits per heavy atom. The lowest BCUT2D eigenvalue weighted by atomic mass is 10.6. The van der Waals surface area contributed by atoms with E-state index in [-0.39, 0.29) is 0 Å². The molecule has 0 atom stereocenters. The van der Waals surface area contributed by atoms with Crippen LogP contribution in [0.2, 0.25) is 0 Å². The highest BCUT2D eigenvalue weighted by molar-refractivity contribution is 7.67. The highest BCUT2D eigenvalue weighted by Gasteiger charge is 1.90. The van der Waals surface area contributed by atoms with E-state index in [0.29, 0.717) is 5.75 Å². The lowest BCUT2D eigenvalue weighted by molar-refractivity contribution is 0.512. The average Bonchev–Trinajstić information content (AvgIpc) is 2.15. The third-order valence-electron chi connectivity index (χ3n) is 0.675. The number of hydrogen-bond donors (Lipinski definition) is 1.